The number of fused-ring (bicyclic) bond motifs is 1. The SMILES string of the molecule is C[C@@H](NC(=O)CNc1cc(Cl)ccc1N1CCOCC1)c1ccc2ccccc2c1. The molecule has 1 aliphatic heterocycles. The first kappa shape index (κ1) is 20.5. The van der Waals surface area contributed by atoms with Crippen LogP contribution in [0.5, 0.6) is 0 Å². The first-order chi connectivity index (χ1) is 14.6. The Hall–Kier alpha value is -2.76. The molecule has 0 aromatic heterocycles. The normalized spacial score (nSPS) is 15.1. The average Bonchev–Trinajstić information content (AvgIpc) is 2.78. The molecule has 0 aliphatic carbocycles. The van der Waals surface area contributed by atoms with Gasteiger partial charge in [-0.3, -0.25) is 4.79 Å². The monoisotopic (exact) mass is 423 g/mol. The fourth-order valence-electron chi connectivity index (χ4n) is 3.76. The van der Waals surface area contributed by atoms with Gasteiger partial charge in [-0.2, -0.15) is 0 Å². The van der Waals surface area contributed by atoms with Crippen LogP contribution in [0.1, 0.15) is 18.5 Å². The minimum atomic E-state index is -0.0815. The van der Waals surface area contributed by atoms with E-state index in [0.29, 0.717) is 18.2 Å². The molecule has 0 saturated carbocycles. The topological polar surface area (TPSA) is 53.6 Å². The van der Waals surface area contributed by atoms with Gasteiger partial charge in [0.15, 0.2) is 0 Å². The van der Waals surface area contributed by atoms with E-state index in [-0.39, 0.29) is 18.5 Å². The number of ether oxygens (including phenoxy) is 1. The van der Waals surface area contributed by atoms with Gasteiger partial charge in [-0.05, 0) is 47.5 Å². The summed E-state index contributed by atoms with van der Waals surface area (Å²) in [5.41, 5.74) is 2.98. The van der Waals surface area contributed by atoms with E-state index >= 15 is 0 Å². The van der Waals surface area contributed by atoms with Gasteiger partial charge in [0.05, 0.1) is 37.2 Å². The summed E-state index contributed by atoms with van der Waals surface area (Å²) in [5.74, 6) is -0.0661. The molecule has 3 aromatic rings. The maximum atomic E-state index is 12.6. The van der Waals surface area contributed by atoms with Gasteiger partial charge >= 0.3 is 0 Å². The zero-order valence-electron chi connectivity index (χ0n) is 17.0. The van der Waals surface area contributed by atoms with Gasteiger partial charge in [-0.1, -0.05) is 48.0 Å². The summed E-state index contributed by atoms with van der Waals surface area (Å²) >= 11 is 6.20. The molecule has 5 nitrogen and oxygen atoms in total. The molecule has 1 amide bonds. The minimum absolute atomic E-state index is 0.0661. The molecule has 0 radical (unpaired) electrons. The second kappa shape index (κ2) is 9.37. The predicted molar refractivity (Wildman–Crippen MR) is 123 cm³/mol. The van der Waals surface area contributed by atoms with Gasteiger partial charge in [0.25, 0.3) is 0 Å². The molecule has 3 aromatic carbocycles. The number of benzene rings is 3. The van der Waals surface area contributed by atoms with Gasteiger partial charge < -0.3 is 20.3 Å². The zero-order valence-corrected chi connectivity index (χ0v) is 17.8. The van der Waals surface area contributed by atoms with Crippen molar-refractivity contribution in [3.63, 3.8) is 0 Å². The lowest BCUT2D eigenvalue weighted by atomic mass is 10.0. The van der Waals surface area contributed by atoms with Crippen LogP contribution in [-0.4, -0.2) is 38.8 Å². The van der Waals surface area contributed by atoms with Gasteiger partial charge in [-0.15, -0.1) is 0 Å². The number of hydrogen-bond donors (Lipinski definition) is 2. The molecule has 1 saturated heterocycles. The highest BCUT2D eigenvalue weighted by Gasteiger charge is 2.16. The third-order valence-corrected chi connectivity index (χ3v) is 5.64. The molecule has 0 unspecified atom stereocenters. The molecular formula is C24H26ClN3O2. The lowest BCUT2D eigenvalue weighted by Gasteiger charge is -2.30. The Morgan fingerprint density at radius 2 is 1.83 bits per heavy atom. The Kier molecular flexibility index (Phi) is 6.41. The number of morpholine rings is 1. The quantitative estimate of drug-likeness (QED) is 0.607. The summed E-state index contributed by atoms with van der Waals surface area (Å²) in [5, 5.41) is 9.34. The standard InChI is InChI=1S/C24H26ClN3O2/c1-17(19-7-6-18-4-2-3-5-20(18)14-19)27-24(29)16-26-22-15-21(25)8-9-23(22)28-10-12-30-13-11-28/h2-9,14-15,17,26H,10-13,16H2,1H3,(H,27,29)/t17-/m1/s1. The molecule has 1 heterocycles. The van der Waals surface area contributed by atoms with Gasteiger partial charge in [-0.25, -0.2) is 0 Å². The summed E-state index contributed by atoms with van der Waals surface area (Å²) in [6.07, 6.45) is 0. The summed E-state index contributed by atoms with van der Waals surface area (Å²) in [4.78, 5) is 14.8. The summed E-state index contributed by atoms with van der Waals surface area (Å²) in [7, 11) is 0. The van der Waals surface area contributed by atoms with Crippen LogP contribution in [0.2, 0.25) is 5.02 Å². The first-order valence-electron chi connectivity index (χ1n) is 10.2. The molecule has 30 heavy (non-hydrogen) atoms. The van der Waals surface area contributed by atoms with E-state index in [1.807, 2.05) is 37.3 Å². The van der Waals surface area contributed by atoms with E-state index in [4.69, 9.17) is 16.3 Å². The average molecular weight is 424 g/mol. The summed E-state index contributed by atoms with van der Waals surface area (Å²) < 4.78 is 5.44. The van der Waals surface area contributed by atoms with Gasteiger partial charge in [0.1, 0.15) is 0 Å². The van der Waals surface area contributed by atoms with Crippen LogP contribution in [-0.2, 0) is 9.53 Å². The Balaban J connectivity index is 1.40. The third kappa shape index (κ3) is 4.86. The van der Waals surface area contributed by atoms with Crippen molar-refractivity contribution in [1.82, 2.24) is 5.32 Å². The third-order valence-electron chi connectivity index (χ3n) is 5.40. The molecule has 0 bridgehead atoms. The van der Waals surface area contributed by atoms with Crippen molar-refractivity contribution in [3.05, 3.63) is 71.2 Å². The number of carbonyl (C=O) groups is 1. The van der Waals surface area contributed by atoms with Crippen molar-refractivity contribution < 1.29 is 9.53 Å². The Morgan fingerprint density at radius 1 is 1.07 bits per heavy atom. The van der Waals surface area contributed by atoms with E-state index in [0.717, 1.165) is 30.0 Å². The zero-order chi connectivity index (χ0) is 20.9. The van der Waals surface area contributed by atoms with Crippen LogP contribution < -0.4 is 15.5 Å². The maximum absolute atomic E-state index is 12.6. The van der Waals surface area contributed by atoms with Crippen molar-refractivity contribution in [3.8, 4) is 0 Å². The molecule has 4 rings (SSSR count). The number of rotatable bonds is 6. The summed E-state index contributed by atoms with van der Waals surface area (Å²) in [6.45, 7) is 5.22. The number of nitrogens with zero attached hydrogens (tertiary/aromatic N) is 1. The Morgan fingerprint density at radius 3 is 2.63 bits per heavy atom. The molecule has 1 atom stereocenters. The molecule has 2 N–H and O–H groups in total. The highest BCUT2D eigenvalue weighted by atomic mass is 35.5. The highest BCUT2D eigenvalue weighted by molar-refractivity contribution is 6.31. The number of nitrogens with one attached hydrogen (secondary N) is 2. The van der Waals surface area contributed by atoms with Crippen molar-refractivity contribution in [2.24, 2.45) is 0 Å². The van der Waals surface area contributed by atoms with Crippen LogP contribution in [0.15, 0.2) is 60.7 Å². The summed E-state index contributed by atoms with van der Waals surface area (Å²) in [6, 6.07) is 20.2. The largest absolute Gasteiger partial charge is 0.378 e. The smallest absolute Gasteiger partial charge is 0.239 e. The van der Waals surface area contributed by atoms with E-state index in [2.05, 4.69) is 45.9 Å². The Labute approximate surface area is 182 Å². The van der Waals surface area contributed by atoms with Crippen molar-refractivity contribution in [2.75, 3.05) is 43.1 Å². The molecule has 0 spiro atoms. The van der Waals surface area contributed by atoms with Crippen LogP contribution in [0, 0.1) is 0 Å². The van der Waals surface area contributed by atoms with Crippen LogP contribution >= 0.6 is 11.6 Å². The van der Waals surface area contributed by atoms with Gasteiger partial charge in [0.2, 0.25) is 5.91 Å². The minimum Gasteiger partial charge on any atom is -0.378 e. The van der Waals surface area contributed by atoms with Crippen molar-refractivity contribution >= 4 is 39.7 Å². The fraction of sp³-hybridized carbons (Fsp3) is 0.292. The van der Waals surface area contributed by atoms with E-state index in [9.17, 15) is 4.79 Å². The first-order valence-corrected chi connectivity index (χ1v) is 10.6. The van der Waals surface area contributed by atoms with Crippen LogP contribution in [0.25, 0.3) is 10.8 Å². The number of amides is 1. The predicted octanol–water partition coefficient (Wildman–Crippen LogP) is 4.62. The second-order valence-electron chi connectivity index (χ2n) is 7.51. The van der Waals surface area contributed by atoms with E-state index in [1.165, 1.54) is 10.8 Å². The number of hydrogen-bond acceptors (Lipinski definition) is 4. The highest BCUT2D eigenvalue weighted by Crippen LogP contribution is 2.29. The maximum Gasteiger partial charge on any atom is 0.239 e. The van der Waals surface area contributed by atoms with Gasteiger partial charge in [0, 0.05) is 18.1 Å². The molecular weight excluding hydrogens is 398 g/mol. The van der Waals surface area contributed by atoms with E-state index < -0.39 is 0 Å². The molecule has 1 aliphatic rings. The molecule has 1 fully saturated rings. The lowest BCUT2D eigenvalue weighted by Crippen LogP contribution is -2.37. The number of anilines is 2. The van der Waals surface area contributed by atoms with Crippen LogP contribution in [0.3, 0.4) is 0 Å². The van der Waals surface area contributed by atoms with E-state index in [1.54, 1.807) is 0 Å². The second-order valence-corrected chi connectivity index (χ2v) is 7.95. The Bertz CT molecular complexity index is 1030. The number of halogens is 1. The van der Waals surface area contributed by atoms with Crippen molar-refractivity contribution in [2.45, 2.75) is 13.0 Å². The molecule has 156 valence electrons. The lowest BCUT2D eigenvalue weighted by molar-refractivity contribution is -0.120. The fourth-order valence-corrected chi connectivity index (χ4v) is 3.93. The van der Waals surface area contributed by atoms with Crippen LogP contribution in [0.4, 0.5) is 11.4 Å². The van der Waals surface area contributed by atoms with Crippen molar-refractivity contribution in [1.29, 1.82) is 0 Å². The molecule has 6 heteroatoms. The number of carbonyl (C=O) groups excluding carboxylic acids is 1.